The molecule has 0 N–H and O–H groups in total. The van der Waals surface area contributed by atoms with Gasteiger partial charge in [0.05, 0.1) is 0 Å². The Balaban J connectivity index is 0.00000123. The van der Waals surface area contributed by atoms with Crippen LogP contribution in [0.25, 0.3) is 12.2 Å². The van der Waals surface area contributed by atoms with Crippen molar-refractivity contribution in [3.8, 4) is 0 Å². The predicted octanol–water partition coefficient (Wildman–Crippen LogP) is 7.62. The number of aryl methyl sites for hydroxylation is 2. The van der Waals surface area contributed by atoms with Crippen LogP contribution in [-0.4, -0.2) is 18.4 Å². The molecule has 0 bridgehead atoms. The molecule has 0 aliphatic rings. The van der Waals surface area contributed by atoms with Gasteiger partial charge in [-0.25, -0.2) is 0 Å². The monoisotopic (exact) mass is 490 g/mol. The average Bonchev–Trinajstić information content (AvgIpc) is 3.11. The van der Waals surface area contributed by atoms with Gasteiger partial charge in [-0.1, -0.05) is 27.7 Å². The topological polar surface area (TPSA) is 0 Å². The van der Waals surface area contributed by atoms with Crippen molar-refractivity contribution in [1.29, 1.82) is 0 Å². The molecule has 0 spiro atoms. The third-order valence-electron chi connectivity index (χ3n) is 3.22. The molecular formula is C20H34S3Sn. The number of rotatable bonds is 4. The first-order valence-corrected chi connectivity index (χ1v) is 21.1. The first kappa shape index (κ1) is 24.3. The van der Waals surface area contributed by atoms with Crippen LogP contribution in [0.5, 0.6) is 0 Å². The first-order valence-electron chi connectivity index (χ1n) is 8.80. The number of thiophene rings is 2. The van der Waals surface area contributed by atoms with Crippen LogP contribution in [0.15, 0.2) is 12.1 Å². The zero-order chi connectivity index (χ0) is 18.9. The summed E-state index contributed by atoms with van der Waals surface area (Å²) >= 11 is 6.36. The Morgan fingerprint density at radius 3 is 1.92 bits per heavy atom. The molecule has 0 aliphatic carbocycles. The summed E-state index contributed by atoms with van der Waals surface area (Å²) in [6.45, 7) is 12.4. The van der Waals surface area contributed by atoms with E-state index in [0.717, 1.165) is 5.75 Å². The summed E-state index contributed by atoms with van der Waals surface area (Å²) in [6, 6.07) is 4.66. The molecule has 24 heavy (non-hydrogen) atoms. The molecule has 0 saturated heterocycles. The van der Waals surface area contributed by atoms with Crippen LogP contribution in [0.1, 0.15) is 53.5 Å². The standard InChI is InChI=1S/C13H13S3.2C2H6.3CH3.Sn/c1-9-5-6-15-12(9)3-4-13-11(8-14)7-10(2)16-13;2*1-2;;;;/h3-5,7,14H,8H2,1-2H3;2*1-2H3;3*1H3;/b4-3+;;;;;;. The Labute approximate surface area is 167 Å². The fraction of sp³-hybridized carbons (Fsp3) is 0.500. The zero-order valence-electron chi connectivity index (χ0n) is 16.8. The maximum atomic E-state index is 4.42. The minimum absolute atomic E-state index is 0.817. The van der Waals surface area contributed by atoms with Crippen LogP contribution in [0.4, 0.5) is 0 Å². The van der Waals surface area contributed by atoms with Crippen molar-refractivity contribution in [3.63, 3.8) is 0 Å². The van der Waals surface area contributed by atoms with E-state index in [2.05, 4.69) is 65.6 Å². The van der Waals surface area contributed by atoms with Crippen LogP contribution >= 0.6 is 35.3 Å². The molecule has 2 heterocycles. The van der Waals surface area contributed by atoms with Gasteiger partial charge in [-0.2, -0.15) is 0 Å². The van der Waals surface area contributed by atoms with Crippen molar-refractivity contribution in [2.75, 3.05) is 0 Å². The van der Waals surface area contributed by atoms with E-state index in [9.17, 15) is 0 Å². The Bertz CT molecular complexity index is 628. The van der Waals surface area contributed by atoms with E-state index in [1.165, 1.54) is 25.8 Å². The molecule has 0 amide bonds. The maximum absolute atomic E-state index is 4.42. The van der Waals surface area contributed by atoms with Gasteiger partial charge in [0.15, 0.2) is 0 Å². The van der Waals surface area contributed by atoms with Crippen LogP contribution in [0.3, 0.4) is 0 Å². The van der Waals surface area contributed by atoms with Crippen LogP contribution < -0.4 is 2.89 Å². The van der Waals surface area contributed by atoms with E-state index in [-0.39, 0.29) is 0 Å². The van der Waals surface area contributed by atoms with Crippen molar-refractivity contribution in [2.45, 2.75) is 62.1 Å². The van der Waals surface area contributed by atoms with Gasteiger partial charge >= 0.3 is 141 Å². The summed E-state index contributed by atoms with van der Waals surface area (Å²) in [6.07, 6.45) is 4.56. The molecule has 0 unspecified atom stereocenters. The van der Waals surface area contributed by atoms with Crippen LogP contribution in [0, 0.1) is 13.8 Å². The molecule has 0 atom stereocenters. The second-order valence-electron chi connectivity index (χ2n) is 6.15. The molecule has 0 radical (unpaired) electrons. The van der Waals surface area contributed by atoms with Gasteiger partial charge in [0.1, 0.15) is 0 Å². The van der Waals surface area contributed by atoms with E-state index in [4.69, 9.17) is 0 Å². The molecule has 2 aromatic heterocycles. The van der Waals surface area contributed by atoms with Gasteiger partial charge in [-0.15, -0.1) is 0 Å². The third-order valence-corrected chi connectivity index (χ3v) is 15.2. The summed E-state index contributed by atoms with van der Waals surface area (Å²) in [5, 5.41) is 0. The van der Waals surface area contributed by atoms with Gasteiger partial charge < -0.3 is 0 Å². The Kier molecular flexibility index (Phi) is 12.0. The molecule has 0 saturated carbocycles. The number of thiol groups is 1. The van der Waals surface area contributed by atoms with Gasteiger partial charge in [-0.3, -0.25) is 0 Å². The number of hydrogen-bond donors (Lipinski definition) is 1. The molecular weight excluding hydrogens is 455 g/mol. The molecule has 0 nitrogen and oxygen atoms in total. The molecule has 136 valence electrons. The normalized spacial score (nSPS) is 10.9. The summed E-state index contributed by atoms with van der Waals surface area (Å²) in [7, 11) is 0. The Hall–Kier alpha value is 0.289. The summed E-state index contributed by atoms with van der Waals surface area (Å²) in [5.41, 5.74) is 2.77. The SMILES string of the molecule is CC.CC.Cc1cc(CS)c(/C=C/c2s[c]([Sn]([CH3])([CH3])[CH3])cc2C)s1. The van der Waals surface area contributed by atoms with Crippen molar-refractivity contribution < 1.29 is 0 Å². The van der Waals surface area contributed by atoms with E-state index in [1.54, 1.807) is 2.89 Å². The van der Waals surface area contributed by atoms with E-state index in [0.29, 0.717) is 0 Å². The quantitative estimate of drug-likeness (QED) is 0.332. The average molecular weight is 489 g/mol. The van der Waals surface area contributed by atoms with E-state index >= 15 is 0 Å². The second-order valence-corrected chi connectivity index (χ2v) is 24.2. The fourth-order valence-corrected chi connectivity index (χ4v) is 9.90. The van der Waals surface area contributed by atoms with Gasteiger partial charge in [0, 0.05) is 0 Å². The first-order chi connectivity index (χ1) is 11.3. The van der Waals surface area contributed by atoms with E-state index in [1.807, 2.05) is 50.4 Å². The van der Waals surface area contributed by atoms with Crippen LogP contribution in [0.2, 0.25) is 14.8 Å². The minimum atomic E-state index is -1.92. The Morgan fingerprint density at radius 1 is 0.917 bits per heavy atom. The van der Waals surface area contributed by atoms with Crippen molar-refractivity contribution in [3.05, 3.63) is 37.9 Å². The summed E-state index contributed by atoms with van der Waals surface area (Å²) in [4.78, 5) is 11.6. The number of hydrogen-bond acceptors (Lipinski definition) is 3. The molecule has 2 aromatic rings. The molecule has 0 fully saturated rings. The third kappa shape index (κ3) is 7.26. The van der Waals surface area contributed by atoms with Crippen LogP contribution in [-0.2, 0) is 5.75 Å². The predicted molar refractivity (Wildman–Crippen MR) is 125 cm³/mol. The van der Waals surface area contributed by atoms with Gasteiger partial charge in [-0.05, 0) is 0 Å². The Morgan fingerprint density at radius 2 is 1.46 bits per heavy atom. The summed E-state index contributed by atoms with van der Waals surface area (Å²) in [5.74, 6) is 0.817. The molecule has 0 aromatic carbocycles. The molecule has 0 aliphatic heterocycles. The van der Waals surface area contributed by atoms with Gasteiger partial charge in [0.2, 0.25) is 0 Å². The van der Waals surface area contributed by atoms with Crippen molar-refractivity contribution >= 4 is 68.7 Å². The second kappa shape index (κ2) is 11.8. The van der Waals surface area contributed by atoms with E-state index < -0.39 is 18.4 Å². The molecule has 2 rings (SSSR count). The molecule has 4 heteroatoms. The van der Waals surface area contributed by atoms with Gasteiger partial charge in [0.25, 0.3) is 0 Å². The van der Waals surface area contributed by atoms with Crippen molar-refractivity contribution in [1.82, 2.24) is 0 Å². The van der Waals surface area contributed by atoms with Crippen molar-refractivity contribution in [2.24, 2.45) is 0 Å². The summed E-state index contributed by atoms with van der Waals surface area (Å²) < 4.78 is 1.66. The fourth-order valence-electron chi connectivity index (χ4n) is 2.03. The zero-order valence-corrected chi connectivity index (χ0v) is 22.2.